The van der Waals surface area contributed by atoms with Crippen LogP contribution in [-0.4, -0.2) is 44.4 Å². The second kappa shape index (κ2) is 10.4. The molecule has 23 heavy (non-hydrogen) atoms. The summed E-state index contributed by atoms with van der Waals surface area (Å²) >= 11 is 0. The van der Waals surface area contributed by atoms with Gasteiger partial charge in [0.2, 0.25) is 5.75 Å². The summed E-state index contributed by atoms with van der Waals surface area (Å²) in [5.41, 5.74) is 10.6. The number of benzene rings is 1. The van der Waals surface area contributed by atoms with E-state index in [1.165, 1.54) is 26.4 Å². The number of phenols is 1. The predicted octanol–water partition coefficient (Wildman–Crippen LogP) is -2.38. The SMILES string of the molecule is COc1cc(C(=O)OCCCCN=C(N)N)cc(OC)c1O.[Cl-]. The molecule has 5 N–H and O–H groups in total. The second-order valence-corrected chi connectivity index (χ2v) is 4.38. The molecule has 0 aliphatic carbocycles. The third-order valence-corrected chi connectivity index (χ3v) is 2.80. The van der Waals surface area contributed by atoms with Crippen molar-refractivity contribution in [3.05, 3.63) is 17.7 Å². The first kappa shape index (κ1) is 20.6. The molecule has 1 aromatic carbocycles. The number of nitrogens with two attached hydrogens (primary N) is 2. The van der Waals surface area contributed by atoms with Gasteiger partial charge in [-0.1, -0.05) is 0 Å². The average Bonchev–Trinajstić information content (AvgIpc) is 2.50. The van der Waals surface area contributed by atoms with Crippen LogP contribution in [0.4, 0.5) is 0 Å². The molecule has 8 nitrogen and oxygen atoms in total. The Labute approximate surface area is 140 Å². The number of aliphatic imine (C=N–C) groups is 1. The molecule has 0 aromatic heterocycles. The molecule has 0 aliphatic rings. The van der Waals surface area contributed by atoms with Crippen LogP contribution in [-0.2, 0) is 4.74 Å². The largest absolute Gasteiger partial charge is 1.00 e. The minimum absolute atomic E-state index is 0. The number of hydrogen-bond acceptors (Lipinski definition) is 6. The first-order valence-corrected chi connectivity index (χ1v) is 6.67. The van der Waals surface area contributed by atoms with Crippen molar-refractivity contribution in [3.63, 3.8) is 0 Å². The van der Waals surface area contributed by atoms with E-state index in [1.54, 1.807) is 0 Å². The lowest BCUT2D eigenvalue weighted by atomic mass is 10.2. The molecular weight excluding hydrogens is 326 g/mol. The van der Waals surface area contributed by atoms with Gasteiger partial charge in [-0.2, -0.15) is 0 Å². The molecule has 0 spiro atoms. The topological polar surface area (TPSA) is 129 Å². The smallest absolute Gasteiger partial charge is 0.338 e. The van der Waals surface area contributed by atoms with Crippen LogP contribution in [0, 0.1) is 0 Å². The van der Waals surface area contributed by atoms with Crippen molar-refractivity contribution < 1.29 is 36.5 Å². The molecule has 0 unspecified atom stereocenters. The van der Waals surface area contributed by atoms with Gasteiger partial charge in [0.05, 0.1) is 26.4 Å². The number of ether oxygens (including phenoxy) is 3. The van der Waals surface area contributed by atoms with Crippen LogP contribution in [0.3, 0.4) is 0 Å². The molecule has 130 valence electrons. The van der Waals surface area contributed by atoms with Gasteiger partial charge >= 0.3 is 5.97 Å². The molecule has 0 aliphatic heterocycles. The van der Waals surface area contributed by atoms with Crippen LogP contribution in [0.25, 0.3) is 0 Å². The molecule has 9 heteroatoms. The Kier molecular flexibility index (Phi) is 9.33. The van der Waals surface area contributed by atoms with Crippen molar-refractivity contribution in [2.45, 2.75) is 12.8 Å². The first-order valence-electron chi connectivity index (χ1n) is 6.67. The van der Waals surface area contributed by atoms with Gasteiger partial charge in [-0.3, -0.25) is 4.99 Å². The van der Waals surface area contributed by atoms with Crippen LogP contribution in [0.5, 0.6) is 17.2 Å². The fourth-order valence-electron chi connectivity index (χ4n) is 1.68. The van der Waals surface area contributed by atoms with Crippen molar-refractivity contribution >= 4 is 11.9 Å². The Morgan fingerprint density at radius 2 is 1.74 bits per heavy atom. The van der Waals surface area contributed by atoms with Crippen LogP contribution >= 0.6 is 0 Å². The number of rotatable bonds is 8. The molecule has 0 atom stereocenters. The van der Waals surface area contributed by atoms with Gasteiger partial charge in [0.15, 0.2) is 17.5 Å². The normalized spacial score (nSPS) is 9.48. The van der Waals surface area contributed by atoms with E-state index in [0.29, 0.717) is 19.4 Å². The van der Waals surface area contributed by atoms with Gasteiger partial charge in [0.1, 0.15) is 0 Å². The first-order chi connectivity index (χ1) is 10.5. The molecule has 0 amide bonds. The highest BCUT2D eigenvalue weighted by molar-refractivity contribution is 5.91. The van der Waals surface area contributed by atoms with Crippen LogP contribution < -0.4 is 33.3 Å². The molecule has 0 fully saturated rings. The summed E-state index contributed by atoms with van der Waals surface area (Å²) in [5, 5.41) is 9.78. The minimum atomic E-state index is -0.529. The van der Waals surface area contributed by atoms with E-state index >= 15 is 0 Å². The number of aromatic hydroxyl groups is 1. The van der Waals surface area contributed by atoms with Crippen LogP contribution in [0.15, 0.2) is 17.1 Å². The maximum Gasteiger partial charge on any atom is 0.338 e. The van der Waals surface area contributed by atoms with E-state index in [4.69, 9.17) is 25.7 Å². The number of nitrogens with zero attached hydrogens (tertiary/aromatic N) is 1. The zero-order chi connectivity index (χ0) is 16.5. The van der Waals surface area contributed by atoms with Crippen molar-refractivity contribution in [3.8, 4) is 17.2 Å². The highest BCUT2D eigenvalue weighted by Crippen LogP contribution is 2.37. The second-order valence-electron chi connectivity index (χ2n) is 4.38. The standard InChI is InChI=1S/C14H21N3O5.ClH/c1-20-10-7-9(8-11(21-2)12(10)18)13(19)22-6-4-3-5-17-14(15)16;/h7-8,18H,3-6H2,1-2H3,(H4,15,16,17);1H/p-1. The van der Waals surface area contributed by atoms with Gasteiger partial charge < -0.3 is 43.2 Å². The van der Waals surface area contributed by atoms with E-state index in [1.807, 2.05) is 0 Å². The molecule has 1 rings (SSSR count). The third-order valence-electron chi connectivity index (χ3n) is 2.80. The zero-order valence-electron chi connectivity index (χ0n) is 13.0. The summed E-state index contributed by atoms with van der Waals surface area (Å²) in [6.07, 6.45) is 1.34. The number of phenolic OH excluding ortho intramolecular Hbond substituents is 1. The van der Waals surface area contributed by atoms with E-state index in [-0.39, 0.29) is 47.8 Å². The maximum atomic E-state index is 12.0. The quantitative estimate of drug-likeness (QED) is 0.207. The lowest BCUT2D eigenvalue weighted by Crippen LogP contribution is -3.00. The number of halogens is 1. The van der Waals surface area contributed by atoms with E-state index in [9.17, 15) is 9.90 Å². The number of carbonyl (C=O) groups excluding carboxylic acids is 1. The Morgan fingerprint density at radius 1 is 1.17 bits per heavy atom. The van der Waals surface area contributed by atoms with Crippen molar-refractivity contribution in [1.82, 2.24) is 0 Å². The Bertz CT molecular complexity index is 522. The number of unbranched alkanes of at least 4 members (excludes halogenated alkanes) is 1. The molecular formula is C14H21ClN3O5-. The number of methoxy groups -OCH3 is 2. The summed E-state index contributed by atoms with van der Waals surface area (Å²) < 4.78 is 15.1. The molecule has 0 bridgehead atoms. The van der Waals surface area contributed by atoms with Gasteiger partial charge in [0.25, 0.3) is 0 Å². The Balaban J connectivity index is 0.00000484. The number of guanidine groups is 1. The number of hydrogen-bond donors (Lipinski definition) is 3. The summed E-state index contributed by atoms with van der Waals surface area (Å²) in [6, 6.07) is 2.78. The molecule has 0 saturated heterocycles. The van der Waals surface area contributed by atoms with Gasteiger partial charge in [0, 0.05) is 6.54 Å². The Hall–Kier alpha value is -2.35. The van der Waals surface area contributed by atoms with Gasteiger partial charge in [-0.05, 0) is 25.0 Å². The van der Waals surface area contributed by atoms with E-state index in [0.717, 1.165) is 0 Å². The highest BCUT2D eigenvalue weighted by Gasteiger charge is 2.16. The van der Waals surface area contributed by atoms with Crippen molar-refractivity contribution in [1.29, 1.82) is 0 Å². The van der Waals surface area contributed by atoms with E-state index < -0.39 is 5.97 Å². The van der Waals surface area contributed by atoms with Crippen LogP contribution in [0.1, 0.15) is 23.2 Å². The number of carbonyl (C=O) groups is 1. The summed E-state index contributed by atoms with van der Waals surface area (Å²) in [4.78, 5) is 15.8. The summed E-state index contributed by atoms with van der Waals surface area (Å²) in [5.74, 6) is -0.379. The molecule has 0 heterocycles. The van der Waals surface area contributed by atoms with Gasteiger partial charge in [-0.25, -0.2) is 4.79 Å². The summed E-state index contributed by atoms with van der Waals surface area (Å²) in [7, 11) is 2.76. The molecule has 0 saturated carbocycles. The average molecular weight is 347 g/mol. The van der Waals surface area contributed by atoms with Crippen molar-refractivity contribution in [2.24, 2.45) is 16.5 Å². The fraction of sp³-hybridized carbons (Fsp3) is 0.429. The van der Waals surface area contributed by atoms with E-state index in [2.05, 4.69) is 4.99 Å². The highest BCUT2D eigenvalue weighted by atomic mass is 35.5. The Morgan fingerprint density at radius 3 is 2.22 bits per heavy atom. The lowest BCUT2D eigenvalue weighted by Gasteiger charge is -2.11. The number of esters is 1. The zero-order valence-corrected chi connectivity index (χ0v) is 13.8. The van der Waals surface area contributed by atoms with Crippen molar-refractivity contribution in [2.75, 3.05) is 27.4 Å². The van der Waals surface area contributed by atoms with Gasteiger partial charge in [-0.15, -0.1) is 0 Å². The fourth-order valence-corrected chi connectivity index (χ4v) is 1.68. The maximum absolute atomic E-state index is 12.0. The summed E-state index contributed by atoms with van der Waals surface area (Å²) in [6.45, 7) is 0.727. The predicted molar refractivity (Wildman–Crippen MR) is 81.4 cm³/mol. The minimum Gasteiger partial charge on any atom is -1.00 e. The molecule has 0 radical (unpaired) electrons. The monoisotopic (exact) mass is 346 g/mol. The third kappa shape index (κ3) is 6.52. The lowest BCUT2D eigenvalue weighted by molar-refractivity contribution is -0.0000243. The molecule has 1 aromatic rings. The van der Waals surface area contributed by atoms with Crippen LogP contribution in [0.2, 0.25) is 0 Å².